The van der Waals surface area contributed by atoms with Crippen LogP contribution in [-0.4, -0.2) is 56.0 Å². The van der Waals surface area contributed by atoms with Gasteiger partial charge < -0.3 is 21.3 Å². The summed E-state index contributed by atoms with van der Waals surface area (Å²) in [5.41, 5.74) is 5.37. The van der Waals surface area contributed by atoms with Gasteiger partial charge in [-0.3, -0.25) is 9.79 Å². The number of hydrogen-bond donors (Lipinski definition) is 3. The van der Waals surface area contributed by atoms with E-state index in [2.05, 4.69) is 41.3 Å². The van der Waals surface area contributed by atoms with Crippen molar-refractivity contribution in [1.82, 2.24) is 15.5 Å². The fourth-order valence-corrected chi connectivity index (χ4v) is 2.90. The summed E-state index contributed by atoms with van der Waals surface area (Å²) in [4.78, 5) is 18.2. The first-order valence-electron chi connectivity index (χ1n) is 9.56. The zero-order chi connectivity index (χ0) is 17.8. The van der Waals surface area contributed by atoms with Gasteiger partial charge in [-0.25, -0.2) is 0 Å². The molecule has 140 valence electrons. The van der Waals surface area contributed by atoms with Crippen LogP contribution in [-0.2, 0) is 4.79 Å². The first-order valence-corrected chi connectivity index (χ1v) is 9.56. The Morgan fingerprint density at radius 3 is 2.54 bits per heavy atom. The number of amides is 1. The summed E-state index contributed by atoms with van der Waals surface area (Å²) in [6.45, 7) is 12.4. The highest BCUT2D eigenvalue weighted by atomic mass is 16.1. The Morgan fingerprint density at radius 2 is 1.96 bits per heavy atom. The second-order valence-corrected chi connectivity index (χ2v) is 7.10. The van der Waals surface area contributed by atoms with E-state index in [1.807, 2.05) is 0 Å². The molecule has 0 aromatic carbocycles. The Bertz CT molecular complexity index is 376. The lowest BCUT2D eigenvalue weighted by Crippen LogP contribution is -2.39. The molecule has 1 aliphatic rings. The molecule has 24 heavy (non-hydrogen) atoms. The van der Waals surface area contributed by atoms with Crippen molar-refractivity contribution in [3.05, 3.63) is 0 Å². The van der Waals surface area contributed by atoms with Gasteiger partial charge in [-0.2, -0.15) is 0 Å². The number of nitrogens with zero attached hydrogens (tertiary/aromatic N) is 2. The van der Waals surface area contributed by atoms with Crippen LogP contribution in [0.5, 0.6) is 0 Å². The normalized spacial score (nSPS) is 17.2. The molecule has 1 amide bonds. The van der Waals surface area contributed by atoms with Gasteiger partial charge in [0.2, 0.25) is 5.91 Å². The van der Waals surface area contributed by atoms with Crippen LogP contribution in [0.1, 0.15) is 52.9 Å². The molecule has 0 radical (unpaired) electrons. The van der Waals surface area contributed by atoms with Crippen LogP contribution in [0, 0.1) is 11.8 Å². The van der Waals surface area contributed by atoms with Gasteiger partial charge in [-0.1, -0.05) is 13.8 Å². The first kappa shape index (κ1) is 20.7. The molecule has 0 aromatic heterocycles. The van der Waals surface area contributed by atoms with Crippen molar-refractivity contribution in [2.45, 2.75) is 52.9 Å². The van der Waals surface area contributed by atoms with Crippen LogP contribution in [0.3, 0.4) is 0 Å². The fourth-order valence-electron chi connectivity index (χ4n) is 2.90. The van der Waals surface area contributed by atoms with Crippen molar-refractivity contribution >= 4 is 11.9 Å². The van der Waals surface area contributed by atoms with Crippen molar-refractivity contribution in [3.8, 4) is 0 Å². The summed E-state index contributed by atoms with van der Waals surface area (Å²) in [5, 5.41) is 6.69. The number of carbonyl (C=O) groups excluding carboxylic acids is 1. The van der Waals surface area contributed by atoms with E-state index < -0.39 is 0 Å². The van der Waals surface area contributed by atoms with Gasteiger partial charge in [-0.15, -0.1) is 0 Å². The van der Waals surface area contributed by atoms with Gasteiger partial charge in [0, 0.05) is 25.6 Å². The Balaban J connectivity index is 2.14. The monoisotopic (exact) mass is 339 g/mol. The summed E-state index contributed by atoms with van der Waals surface area (Å²) in [6, 6.07) is 0. The van der Waals surface area contributed by atoms with Crippen LogP contribution in [0.15, 0.2) is 4.99 Å². The standard InChI is InChI=1S/C18H37N5O/c1-4-20-18(22-11-7-15(2)3)21-10-5-6-12-23-13-8-16(9-14-23)17(19)24/h15-16H,4-14H2,1-3H3,(H2,19,24)(H2,20,21,22). The highest BCUT2D eigenvalue weighted by Gasteiger charge is 2.22. The number of unbranched alkanes of at least 4 members (excludes halogenated alkanes) is 1. The number of aliphatic imine (C=N–C) groups is 1. The van der Waals surface area contributed by atoms with Crippen LogP contribution < -0.4 is 16.4 Å². The number of carbonyl (C=O) groups is 1. The van der Waals surface area contributed by atoms with Crippen molar-refractivity contribution in [3.63, 3.8) is 0 Å². The number of rotatable bonds is 10. The van der Waals surface area contributed by atoms with E-state index in [0.29, 0.717) is 5.92 Å². The zero-order valence-corrected chi connectivity index (χ0v) is 15.8. The van der Waals surface area contributed by atoms with E-state index in [0.717, 1.165) is 77.3 Å². The molecule has 0 unspecified atom stereocenters. The molecule has 0 aliphatic carbocycles. The number of guanidine groups is 1. The number of nitrogens with one attached hydrogen (secondary N) is 2. The SMILES string of the molecule is CCNC(=NCCCCN1CCC(C(N)=O)CC1)NCCC(C)C. The minimum absolute atomic E-state index is 0.0884. The van der Waals surface area contributed by atoms with E-state index in [-0.39, 0.29) is 11.8 Å². The quantitative estimate of drug-likeness (QED) is 0.320. The second kappa shape index (κ2) is 12.1. The smallest absolute Gasteiger partial charge is 0.220 e. The average molecular weight is 340 g/mol. The van der Waals surface area contributed by atoms with E-state index in [1.54, 1.807) is 0 Å². The summed E-state index contributed by atoms with van der Waals surface area (Å²) in [6.07, 6.45) is 5.23. The third-order valence-electron chi connectivity index (χ3n) is 4.50. The van der Waals surface area contributed by atoms with Crippen LogP contribution in [0.25, 0.3) is 0 Å². The van der Waals surface area contributed by atoms with Crippen molar-refractivity contribution in [2.75, 3.05) is 39.3 Å². The summed E-state index contributed by atoms with van der Waals surface area (Å²) in [5.74, 6) is 1.59. The third-order valence-corrected chi connectivity index (χ3v) is 4.50. The molecule has 4 N–H and O–H groups in total. The minimum atomic E-state index is -0.134. The average Bonchev–Trinajstić information content (AvgIpc) is 2.54. The maximum absolute atomic E-state index is 11.2. The molecule has 0 saturated carbocycles. The molecule has 1 fully saturated rings. The highest BCUT2D eigenvalue weighted by Crippen LogP contribution is 2.16. The number of primary amides is 1. The molecule has 6 heteroatoms. The van der Waals surface area contributed by atoms with E-state index in [9.17, 15) is 4.79 Å². The largest absolute Gasteiger partial charge is 0.369 e. The van der Waals surface area contributed by atoms with E-state index >= 15 is 0 Å². The maximum atomic E-state index is 11.2. The fraction of sp³-hybridized carbons (Fsp3) is 0.889. The van der Waals surface area contributed by atoms with Gasteiger partial charge in [-0.05, 0) is 64.6 Å². The van der Waals surface area contributed by atoms with Crippen LogP contribution in [0.4, 0.5) is 0 Å². The Kier molecular flexibility index (Phi) is 10.5. The van der Waals surface area contributed by atoms with Crippen molar-refractivity contribution < 1.29 is 4.79 Å². The predicted molar refractivity (Wildman–Crippen MR) is 101 cm³/mol. The summed E-state index contributed by atoms with van der Waals surface area (Å²) in [7, 11) is 0. The Morgan fingerprint density at radius 1 is 1.25 bits per heavy atom. The number of likely N-dealkylation sites (tertiary alicyclic amines) is 1. The van der Waals surface area contributed by atoms with Gasteiger partial charge in [0.25, 0.3) is 0 Å². The van der Waals surface area contributed by atoms with Gasteiger partial charge in [0.15, 0.2) is 5.96 Å². The van der Waals surface area contributed by atoms with E-state index in [4.69, 9.17) is 5.73 Å². The van der Waals surface area contributed by atoms with Crippen molar-refractivity contribution in [2.24, 2.45) is 22.6 Å². The molecule has 1 heterocycles. The molecule has 0 bridgehead atoms. The lowest BCUT2D eigenvalue weighted by Gasteiger charge is -2.30. The highest BCUT2D eigenvalue weighted by molar-refractivity contribution is 5.79. The summed E-state index contributed by atoms with van der Waals surface area (Å²) < 4.78 is 0. The Labute approximate surface area is 147 Å². The molecule has 6 nitrogen and oxygen atoms in total. The molecule has 1 aliphatic heterocycles. The van der Waals surface area contributed by atoms with Crippen molar-refractivity contribution in [1.29, 1.82) is 0 Å². The molecular formula is C18H37N5O. The van der Waals surface area contributed by atoms with Crippen LogP contribution in [0.2, 0.25) is 0 Å². The molecule has 1 saturated heterocycles. The third kappa shape index (κ3) is 9.11. The van der Waals surface area contributed by atoms with Crippen LogP contribution >= 0.6 is 0 Å². The summed E-state index contributed by atoms with van der Waals surface area (Å²) >= 11 is 0. The molecule has 1 rings (SSSR count). The molecule has 0 atom stereocenters. The number of piperidine rings is 1. The Hall–Kier alpha value is -1.30. The molecule has 0 spiro atoms. The number of hydrogen-bond acceptors (Lipinski definition) is 3. The second-order valence-electron chi connectivity index (χ2n) is 7.10. The first-order chi connectivity index (χ1) is 11.5. The lowest BCUT2D eigenvalue weighted by molar-refractivity contribution is -0.123. The zero-order valence-electron chi connectivity index (χ0n) is 15.8. The van der Waals surface area contributed by atoms with Gasteiger partial charge >= 0.3 is 0 Å². The number of nitrogens with two attached hydrogens (primary N) is 1. The topological polar surface area (TPSA) is 82.8 Å². The predicted octanol–water partition coefficient (Wildman–Crippen LogP) is 1.57. The molecular weight excluding hydrogens is 302 g/mol. The maximum Gasteiger partial charge on any atom is 0.220 e. The van der Waals surface area contributed by atoms with Gasteiger partial charge in [0.1, 0.15) is 0 Å². The molecule has 0 aromatic rings. The lowest BCUT2D eigenvalue weighted by atomic mass is 9.96. The van der Waals surface area contributed by atoms with Gasteiger partial charge in [0.05, 0.1) is 0 Å². The minimum Gasteiger partial charge on any atom is -0.369 e. The van der Waals surface area contributed by atoms with E-state index in [1.165, 1.54) is 0 Å².